The zero-order valence-electron chi connectivity index (χ0n) is 15.6. The minimum atomic E-state index is -0.350. The molecule has 2 heterocycles. The van der Waals surface area contributed by atoms with Crippen LogP contribution in [0.2, 0.25) is 0 Å². The van der Waals surface area contributed by atoms with Crippen LogP contribution in [-0.4, -0.2) is 22.6 Å². The minimum absolute atomic E-state index is 0.0350. The molecule has 5 nitrogen and oxygen atoms in total. The van der Waals surface area contributed by atoms with Crippen molar-refractivity contribution in [1.29, 1.82) is 0 Å². The molecule has 1 aliphatic rings. The quantitative estimate of drug-likeness (QED) is 0.263. The van der Waals surface area contributed by atoms with Gasteiger partial charge in [0.05, 0.1) is 18.1 Å². The standard InChI is InChI=1S/C21H20N2O3S2/c1-3-11-23-19(24)17-15-5-4-6-16(15)28-18(17)22-21(23)27-12-13-7-9-14(10-8-13)20(25)26-2/h3,7-10H,1,4-6,11-12H2,2H3. The Labute approximate surface area is 171 Å². The lowest BCUT2D eigenvalue weighted by atomic mass is 10.1. The summed E-state index contributed by atoms with van der Waals surface area (Å²) in [6.07, 6.45) is 4.87. The van der Waals surface area contributed by atoms with Crippen LogP contribution in [0.5, 0.6) is 0 Å². The van der Waals surface area contributed by atoms with Crippen molar-refractivity contribution < 1.29 is 9.53 Å². The number of hydrogen-bond donors (Lipinski definition) is 0. The highest BCUT2D eigenvalue weighted by molar-refractivity contribution is 7.98. The summed E-state index contributed by atoms with van der Waals surface area (Å²) in [5.74, 6) is 0.304. The Morgan fingerprint density at radius 1 is 1.36 bits per heavy atom. The molecular formula is C21H20N2O3S2. The number of fused-ring (bicyclic) bond motifs is 3. The van der Waals surface area contributed by atoms with Gasteiger partial charge in [-0.15, -0.1) is 17.9 Å². The molecule has 0 saturated carbocycles. The van der Waals surface area contributed by atoms with Crippen molar-refractivity contribution in [1.82, 2.24) is 9.55 Å². The number of aromatic nitrogens is 2. The second kappa shape index (κ2) is 7.93. The maximum absolute atomic E-state index is 13.1. The highest BCUT2D eigenvalue weighted by Gasteiger charge is 2.23. The Balaban J connectivity index is 1.64. The van der Waals surface area contributed by atoms with Crippen LogP contribution in [0.4, 0.5) is 0 Å². The van der Waals surface area contributed by atoms with E-state index in [0.717, 1.165) is 35.0 Å². The third-order valence-electron chi connectivity index (χ3n) is 4.84. The van der Waals surface area contributed by atoms with Gasteiger partial charge in [0.1, 0.15) is 4.83 Å². The maximum atomic E-state index is 13.1. The molecule has 0 aliphatic heterocycles. The molecule has 0 radical (unpaired) electrons. The Hall–Kier alpha value is -2.38. The molecule has 0 N–H and O–H groups in total. The Morgan fingerprint density at radius 2 is 2.14 bits per heavy atom. The fourth-order valence-electron chi connectivity index (χ4n) is 3.46. The predicted molar refractivity (Wildman–Crippen MR) is 113 cm³/mol. The number of carbonyl (C=O) groups is 1. The lowest BCUT2D eigenvalue weighted by Crippen LogP contribution is -2.22. The molecule has 0 atom stereocenters. The molecule has 0 spiro atoms. The fourth-order valence-corrected chi connectivity index (χ4v) is 5.73. The van der Waals surface area contributed by atoms with Crippen molar-refractivity contribution in [3.8, 4) is 0 Å². The summed E-state index contributed by atoms with van der Waals surface area (Å²) in [7, 11) is 1.37. The minimum Gasteiger partial charge on any atom is -0.465 e. The van der Waals surface area contributed by atoms with Crippen molar-refractivity contribution in [2.24, 2.45) is 0 Å². The number of carbonyl (C=O) groups excluding carboxylic acids is 1. The van der Waals surface area contributed by atoms with Crippen molar-refractivity contribution in [3.05, 3.63) is 68.8 Å². The van der Waals surface area contributed by atoms with E-state index in [-0.39, 0.29) is 11.5 Å². The monoisotopic (exact) mass is 412 g/mol. The average Bonchev–Trinajstić information content (AvgIpc) is 3.29. The highest BCUT2D eigenvalue weighted by atomic mass is 32.2. The third-order valence-corrected chi connectivity index (χ3v) is 7.08. The van der Waals surface area contributed by atoms with Crippen LogP contribution in [0, 0.1) is 0 Å². The molecule has 0 fully saturated rings. The Kier molecular flexibility index (Phi) is 5.37. The van der Waals surface area contributed by atoms with E-state index in [1.165, 1.54) is 29.3 Å². The Morgan fingerprint density at radius 3 is 2.86 bits per heavy atom. The number of benzene rings is 1. The molecule has 0 bridgehead atoms. The van der Waals surface area contributed by atoms with Gasteiger partial charge < -0.3 is 4.74 Å². The van der Waals surface area contributed by atoms with E-state index in [1.807, 2.05) is 12.1 Å². The van der Waals surface area contributed by atoms with Crippen LogP contribution < -0.4 is 5.56 Å². The first kappa shape index (κ1) is 19.0. The van der Waals surface area contributed by atoms with E-state index in [4.69, 9.17) is 9.72 Å². The first-order valence-electron chi connectivity index (χ1n) is 9.08. The molecule has 2 aromatic heterocycles. The van der Waals surface area contributed by atoms with Crippen LogP contribution >= 0.6 is 23.1 Å². The van der Waals surface area contributed by atoms with E-state index in [9.17, 15) is 9.59 Å². The third kappa shape index (κ3) is 3.40. The number of methoxy groups -OCH3 is 1. The first-order chi connectivity index (χ1) is 13.6. The van der Waals surface area contributed by atoms with Gasteiger partial charge in [-0.05, 0) is 42.5 Å². The summed E-state index contributed by atoms with van der Waals surface area (Å²) in [5.41, 5.74) is 2.80. The zero-order chi connectivity index (χ0) is 19.7. The smallest absolute Gasteiger partial charge is 0.337 e. The summed E-state index contributed by atoms with van der Waals surface area (Å²) in [6, 6.07) is 7.29. The van der Waals surface area contributed by atoms with Gasteiger partial charge in [0, 0.05) is 17.2 Å². The normalized spacial score (nSPS) is 12.9. The molecule has 0 amide bonds. The van der Waals surface area contributed by atoms with Gasteiger partial charge in [-0.3, -0.25) is 9.36 Å². The molecule has 0 unspecified atom stereocenters. The van der Waals surface area contributed by atoms with E-state index in [0.29, 0.717) is 23.0 Å². The molecular weight excluding hydrogens is 392 g/mol. The van der Waals surface area contributed by atoms with Gasteiger partial charge in [0.2, 0.25) is 0 Å². The fraction of sp³-hybridized carbons (Fsp3) is 0.286. The highest BCUT2D eigenvalue weighted by Crippen LogP contribution is 2.35. The number of rotatable bonds is 6. The first-order valence-corrected chi connectivity index (χ1v) is 10.9. The van der Waals surface area contributed by atoms with Crippen molar-refractivity contribution in [2.75, 3.05) is 7.11 Å². The molecule has 144 valence electrons. The van der Waals surface area contributed by atoms with Crippen LogP contribution in [0.1, 0.15) is 32.8 Å². The lowest BCUT2D eigenvalue weighted by molar-refractivity contribution is 0.0600. The Bertz CT molecular complexity index is 1110. The molecule has 3 aromatic rings. The maximum Gasteiger partial charge on any atom is 0.337 e. The summed E-state index contributed by atoms with van der Waals surface area (Å²) in [4.78, 5) is 31.7. The van der Waals surface area contributed by atoms with Gasteiger partial charge in [0.15, 0.2) is 5.16 Å². The number of allylic oxidation sites excluding steroid dienone is 1. The summed E-state index contributed by atoms with van der Waals surface area (Å²) in [5, 5.41) is 1.50. The van der Waals surface area contributed by atoms with Gasteiger partial charge in [-0.1, -0.05) is 30.0 Å². The van der Waals surface area contributed by atoms with Gasteiger partial charge in [-0.25, -0.2) is 9.78 Å². The molecule has 1 aromatic carbocycles. The van der Waals surface area contributed by atoms with E-state index in [2.05, 4.69) is 6.58 Å². The topological polar surface area (TPSA) is 61.2 Å². The number of esters is 1. The van der Waals surface area contributed by atoms with Crippen molar-refractivity contribution in [3.63, 3.8) is 0 Å². The number of aryl methyl sites for hydroxylation is 2. The second-order valence-corrected chi connectivity index (χ2v) is 8.64. The van der Waals surface area contributed by atoms with Crippen LogP contribution in [0.15, 0.2) is 46.9 Å². The molecule has 4 rings (SSSR count). The largest absolute Gasteiger partial charge is 0.465 e. The zero-order valence-corrected chi connectivity index (χ0v) is 17.2. The van der Waals surface area contributed by atoms with Gasteiger partial charge >= 0.3 is 5.97 Å². The number of thioether (sulfide) groups is 1. The van der Waals surface area contributed by atoms with Crippen molar-refractivity contribution >= 4 is 39.3 Å². The number of hydrogen-bond acceptors (Lipinski definition) is 6. The second-order valence-electron chi connectivity index (χ2n) is 6.61. The SMILES string of the molecule is C=CCn1c(SCc2ccc(C(=O)OC)cc2)nc2sc3c(c2c1=O)CCC3. The number of ether oxygens (including phenoxy) is 1. The average molecular weight is 413 g/mol. The van der Waals surface area contributed by atoms with E-state index >= 15 is 0 Å². The summed E-state index contributed by atoms with van der Waals surface area (Å²) in [6.45, 7) is 4.23. The summed E-state index contributed by atoms with van der Waals surface area (Å²) >= 11 is 3.18. The molecule has 0 saturated heterocycles. The van der Waals surface area contributed by atoms with E-state index in [1.54, 1.807) is 34.1 Å². The van der Waals surface area contributed by atoms with Crippen LogP contribution in [0.3, 0.4) is 0 Å². The summed E-state index contributed by atoms with van der Waals surface area (Å²) < 4.78 is 6.44. The number of nitrogens with zero attached hydrogens (tertiary/aromatic N) is 2. The van der Waals surface area contributed by atoms with Gasteiger partial charge in [0.25, 0.3) is 5.56 Å². The number of thiophene rings is 1. The molecule has 7 heteroatoms. The molecule has 1 aliphatic carbocycles. The lowest BCUT2D eigenvalue weighted by Gasteiger charge is -2.10. The van der Waals surface area contributed by atoms with Gasteiger partial charge in [-0.2, -0.15) is 0 Å². The predicted octanol–water partition coefficient (Wildman–Crippen LogP) is 4.21. The molecule has 28 heavy (non-hydrogen) atoms. The van der Waals surface area contributed by atoms with Crippen LogP contribution in [-0.2, 0) is 29.9 Å². The van der Waals surface area contributed by atoms with E-state index < -0.39 is 0 Å². The van der Waals surface area contributed by atoms with Crippen molar-refractivity contribution in [2.45, 2.75) is 36.7 Å². The van der Waals surface area contributed by atoms with Crippen LogP contribution in [0.25, 0.3) is 10.2 Å².